The van der Waals surface area contributed by atoms with E-state index in [0.717, 1.165) is 0 Å². The van der Waals surface area contributed by atoms with Gasteiger partial charge in [-0.1, -0.05) is 0 Å². The monoisotopic (exact) mass is 433 g/mol. The van der Waals surface area contributed by atoms with E-state index in [1.54, 1.807) is 5.32 Å². The lowest BCUT2D eigenvalue weighted by Crippen LogP contribution is -2.33. The third-order valence-corrected chi connectivity index (χ3v) is 4.02. The number of nitro benzene ring substituents is 1. The Balaban J connectivity index is 1.63. The molecular formula is C19H14F3N5O4. The first-order valence-electron chi connectivity index (χ1n) is 8.68. The number of non-ortho nitro benzene ring substituents is 1. The second-order valence-corrected chi connectivity index (χ2v) is 6.28. The molecular weight excluding hydrogens is 419 g/mol. The predicted octanol–water partition coefficient (Wildman–Crippen LogP) is 3.32. The number of halogens is 3. The summed E-state index contributed by atoms with van der Waals surface area (Å²) < 4.78 is 37.9. The highest BCUT2D eigenvalue weighted by molar-refractivity contribution is 6.04. The standard InChI is InChI=1S/C19H14F3N5O4/c20-19(21,22)11-23-17(28)12-1-3-14(4-2-12)25-18(29)13-9-24-26(10-13)15-5-7-16(8-6-15)27(30)31/h1-10H,11H2,(H,23,28)(H,25,29). The first kappa shape index (κ1) is 21.5. The number of anilines is 1. The number of benzene rings is 2. The molecule has 1 heterocycles. The summed E-state index contributed by atoms with van der Waals surface area (Å²) in [5, 5.41) is 19.1. The first-order chi connectivity index (χ1) is 14.6. The SMILES string of the molecule is O=C(NCC(F)(F)F)c1ccc(NC(=O)c2cnn(-c3ccc([N+](=O)[O-])cc3)c2)cc1. The highest BCUT2D eigenvalue weighted by atomic mass is 19.4. The Morgan fingerprint density at radius 2 is 1.65 bits per heavy atom. The smallest absolute Gasteiger partial charge is 0.343 e. The van der Waals surface area contributed by atoms with Crippen LogP contribution in [0.1, 0.15) is 20.7 Å². The van der Waals surface area contributed by atoms with Gasteiger partial charge in [0.15, 0.2) is 0 Å². The van der Waals surface area contributed by atoms with Gasteiger partial charge < -0.3 is 10.6 Å². The second-order valence-electron chi connectivity index (χ2n) is 6.28. The van der Waals surface area contributed by atoms with Crippen molar-refractivity contribution in [3.63, 3.8) is 0 Å². The Labute approximate surface area is 172 Å². The molecule has 0 atom stereocenters. The molecule has 0 radical (unpaired) electrons. The van der Waals surface area contributed by atoms with Gasteiger partial charge in [0.05, 0.1) is 22.4 Å². The van der Waals surface area contributed by atoms with E-state index in [9.17, 15) is 32.9 Å². The van der Waals surface area contributed by atoms with Gasteiger partial charge in [0.25, 0.3) is 17.5 Å². The molecule has 0 unspecified atom stereocenters. The molecule has 2 amide bonds. The van der Waals surface area contributed by atoms with Gasteiger partial charge in [-0.05, 0) is 36.4 Å². The van der Waals surface area contributed by atoms with Crippen LogP contribution in [-0.2, 0) is 0 Å². The minimum absolute atomic E-state index is 0.00763. The number of nitro groups is 1. The quantitative estimate of drug-likeness (QED) is 0.457. The Bertz CT molecular complexity index is 1110. The van der Waals surface area contributed by atoms with Gasteiger partial charge in [0, 0.05) is 29.6 Å². The van der Waals surface area contributed by atoms with Crippen molar-refractivity contribution < 1.29 is 27.7 Å². The molecule has 0 spiro atoms. The molecule has 3 aromatic rings. The van der Waals surface area contributed by atoms with Crippen molar-refractivity contribution in [3.8, 4) is 5.69 Å². The summed E-state index contributed by atoms with van der Waals surface area (Å²) in [4.78, 5) is 34.2. The Morgan fingerprint density at radius 3 is 2.23 bits per heavy atom. The lowest BCUT2D eigenvalue weighted by atomic mass is 10.2. The van der Waals surface area contributed by atoms with Gasteiger partial charge >= 0.3 is 6.18 Å². The van der Waals surface area contributed by atoms with Crippen LogP contribution in [0.3, 0.4) is 0 Å². The fourth-order valence-corrected chi connectivity index (χ4v) is 2.50. The van der Waals surface area contributed by atoms with E-state index in [-0.39, 0.29) is 16.8 Å². The minimum Gasteiger partial charge on any atom is -0.343 e. The van der Waals surface area contributed by atoms with E-state index in [1.807, 2.05) is 0 Å². The molecule has 31 heavy (non-hydrogen) atoms. The lowest BCUT2D eigenvalue weighted by Gasteiger charge is -2.09. The van der Waals surface area contributed by atoms with Crippen LogP contribution >= 0.6 is 0 Å². The summed E-state index contributed by atoms with van der Waals surface area (Å²) in [6.45, 7) is -1.44. The molecule has 12 heteroatoms. The van der Waals surface area contributed by atoms with Gasteiger partial charge in [-0.2, -0.15) is 18.3 Å². The summed E-state index contributed by atoms with van der Waals surface area (Å²) in [6.07, 6.45) is -1.78. The van der Waals surface area contributed by atoms with Crippen LogP contribution in [0.4, 0.5) is 24.5 Å². The minimum atomic E-state index is -4.51. The van der Waals surface area contributed by atoms with Crippen molar-refractivity contribution in [1.82, 2.24) is 15.1 Å². The van der Waals surface area contributed by atoms with Crippen LogP contribution in [-0.4, -0.2) is 39.2 Å². The Kier molecular flexibility index (Phi) is 6.00. The summed E-state index contributed by atoms with van der Waals surface area (Å²) >= 11 is 0. The van der Waals surface area contributed by atoms with E-state index in [2.05, 4.69) is 10.4 Å². The largest absolute Gasteiger partial charge is 0.405 e. The molecule has 0 bridgehead atoms. The van der Waals surface area contributed by atoms with Crippen molar-refractivity contribution >= 4 is 23.2 Å². The fourth-order valence-electron chi connectivity index (χ4n) is 2.50. The average molecular weight is 433 g/mol. The molecule has 0 saturated heterocycles. The van der Waals surface area contributed by atoms with Crippen molar-refractivity contribution in [2.75, 3.05) is 11.9 Å². The number of alkyl halides is 3. The molecule has 2 N–H and O–H groups in total. The number of carbonyl (C=O) groups excluding carboxylic acids is 2. The highest BCUT2D eigenvalue weighted by Crippen LogP contribution is 2.17. The van der Waals surface area contributed by atoms with E-state index < -0.39 is 29.5 Å². The maximum Gasteiger partial charge on any atom is 0.405 e. The van der Waals surface area contributed by atoms with Crippen LogP contribution in [0.2, 0.25) is 0 Å². The molecule has 0 aliphatic rings. The maximum atomic E-state index is 12.4. The molecule has 0 fully saturated rings. The van der Waals surface area contributed by atoms with E-state index in [1.165, 1.54) is 65.6 Å². The molecule has 160 valence electrons. The third kappa shape index (κ3) is 5.65. The fraction of sp³-hybridized carbons (Fsp3) is 0.105. The van der Waals surface area contributed by atoms with Gasteiger partial charge in [0.2, 0.25) is 0 Å². The molecule has 0 saturated carbocycles. The number of rotatable bonds is 6. The topological polar surface area (TPSA) is 119 Å². The average Bonchev–Trinajstić information content (AvgIpc) is 3.22. The molecule has 2 aromatic carbocycles. The van der Waals surface area contributed by atoms with Gasteiger partial charge in [-0.3, -0.25) is 19.7 Å². The van der Waals surface area contributed by atoms with E-state index in [4.69, 9.17) is 0 Å². The number of aromatic nitrogens is 2. The van der Waals surface area contributed by atoms with E-state index >= 15 is 0 Å². The van der Waals surface area contributed by atoms with E-state index in [0.29, 0.717) is 11.4 Å². The number of nitrogens with zero attached hydrogens (tertiary/aromatic N) is 3. The Morgan fingerprint density at radius 1 is 1.00 bits per heavy atom. The van der Waals surface area contributed by atoms with Crippen LogP contribution in [0.25, 0.3) is 5.69 Å². The number of nitrogens with one attached hydrogen (secondary N) is 2. The van der Waals surface area contributed by atoms with Crippen LogP contribution < -0.4 is 10.6 Å². The number of carbonyl (C=O) groups is 2. The van der Waals surface area contributed by atoms with Crippen molar-refractivity contribution in [2.24, 2.45) is 0 Å². The zero-order valence-electron chi connectivity index (χ0n) is 15.6. The summed E-state index contributed by atoms with van der Waals surface area (Å²) in [5.41, 5.74) is 0.960. The van der Waals surface area contributed by atoms with Gasteiger partial charge in [-0.15, -0.1) is 0 Å². The molecule has 3 rings (SSSR count). The van der Waals surface area contributed by atoms with Crippen LogP contribution in [0.5, 0.6) is 0 Å². The first-order valence-corrected chi connectivity index (χ1v) is 8.68. The molecule has 9 nitrogen and oxygen atoms in total. The van der Waals surface area contributed by atoms with Crippen molar-refractivity contribution in [2.45, 2.75) is 6.18 Å². The maximum absolute atomic E-state index is 12.4. The Hall–Kier alpha value is -4.22. The highest BCUT2D eigenvalue weighted by Gasteiger charge is 2.27. The van der Waals surface area contributed by atoms with Gasteiger partial charge in [-0.25, -0.2) is 4.68 Å². The number of hydrogen-bond donors (Lipinski definition) is 2. The zero-order chi connectivity index (χ0) is 22.6. The summed E-state index contributed by atoms with van der Waals surface area (Å²) in [5.74, 6) is -1.40. The zero-order valence-corrected chi connectivity index (χ0v) is 15.6. The lowest BCUT2D eigenvalue weighted by molar-refractivity contribution is -0.384. The third-order valence-electron chi connectivity index (χ3n) is 4.02. The van der Waals surface area contributed by atoms with Gasteiger partial charge in [0.1, 0.15) is 6.54 Å². The predicted molar refractivity (Wildman–Crippen MR) is 103 cm³/mol. The summed E-state index contributed by atoms with van der Waals surface area (Å²) in [7, 11) is 0. The summed E-state index contributed by atoms with van der Waals surface area (Å²) in [6, 6.07) is 10.9. The normalized spacial score (nSPS) is 11.1. The second kappa shape index (κ2) is 8.65. The molecule has 0 aliphatic carbocycles. The van der Waals surface area contributed by atoms with Crippen LogP contribution in [0.15, 0.2) is 60.9 Å². The molecule has 1 aromatic heterocycles. The van der Waals surface area contributed by atoms with Crippen molar-refractivity contribution in [1.29, 1.82) is 0 Å². The number of hydrogen-bond acceptors (Lipinski definition) is 5. The van der Waals surface area contributed by atoms with Crippen molar-refractivity contribution in [3.05, 3.63) is 82.2 Å². The number of amides is 2. The molecule has 0 aliphatic heterocycles. The van der Waals surface area contributed by atoms with Crippen LogP contribution in [0, 0.1) is 10.1 Å².